The predicted molar refractivity (Wildman–Crippen MR) is 192 cm³/mol. The smallest absolute Gasteiger partial charge is 0.416 e. The van der Waals surface area contributed by atoms with Gasteiger partial charge in [0.1, 0.15) is 11.9 Å². The van der Waals surface area contributed by atoms with Crippen molar-refractivity contribution in [3.8, 4) is 5.75 Å². The van der Waals surface area contributed by atoms with Crippen LogP contribution in [0, 0.1) is 0 Å². The summed E-state index contributed by atoms with van der Waals surface area (Å²) in [6.07, 6.45) is -4.06. The van der Waals surface area contributed by atoms with Crippen molar-refractivity contribution in [3.63, 3.8) is 0 Å². The highest BCUT2D eigenvalue weighted by molar-refractivity contribution is 7.94. The van der Waals surface area contributed by atoms with Crippen molar-refractivity contribution in [2.75, 3.05) is 13.1 Å². The van der Waals surface area contributed by atoms with E-state index in [-0.39, 0.29) is 6.10 Å². The van der Waals surface area contributed by atoms with Crippen LogP contribution in [0.15, 0.2) is 162 Å². The van der Waals surface area contributed by atoms with Crippen LogP contribution in [0.5, 0.6) is 5.75 Å². The van der Waals surface area contributed by atoms with Crippen molar-refractivity contribution < 1.29 is 17.9 Å². The van der Waals surface area contributed by atoms with Crippen LogP contribution in [-0.2, 0) is 6.18 Å². The van der Waals surface area contributed by atoms with Gasteiger partial charge in [-0.05, 0) is 90.0 Å². The Bertz CT molecular complexity index is 1730. The molecule has 5 aromatic rings. The summed E-state index contributed by atoms with van der Waals surface area (Å²) >= 11 is 0. The van der Waals surface area contributed by atoms with Crippen molar-refractivity contribution in [1.82, 2.24) is 5.32 Å². The largest absolute Gasteiger partial charge is 0.486 e. The van der Waals surface area contributed by atoms with Gasteiger partial charge in [-0.25, -0.2) is 0 Å². The molecule has 0 aromatic heterocycles. The zero-order chi connectivity index (χ0) is 33.1. The summed E-state index contributed by atoms with van der Waals surface area (Å²) in [5.41, 5.74) is 6.06. The molecule has 0 saturated heterocycles. The molecule has 0 aliphatic rings. The molecule has 0 aliphatic carbocycles. The molecule has 0 saturated carbocycles. The molecular weight excluding hydrogens is 610 g/mol. The van der Waals surface area contributed by atoms with Crippen molar-refractivity contribution in [1.29, 1.82) is 0 Å². The third kappa shape index (κ3) is 8.84. The summed E-state index contributed by atoms with van der Waals surface area (Å²) in [4.78, 5) is 0. The second kappa shape index (κ2) is 15.8. The molecule has 0 spiro atoms. The quantitative estimate of drug-likeness (QED) is 0.0827. The first-order valence-corrected chi connectivity index (χ1v) is 17.6. The van der Waals surface area contributed by atoms with E-state index in [1.165, 1.54) is 28.0 Å². The summed E-state index contributed by atoms with van der Waals surface area (Å²) in [6, 6.07) is 46.8. The maximum absolute atomic E-state index is 13.1. The molecule has 1 atom stereocenters. The fraction of sp³-hybridized carbons (Fsp3) is 0.171. The topological polar surface area (TPSA) is 21.3 Å². The molecule has 0 bridgehead atoms. The lowest BCUT2D eigenvalue weighted by molar-refractivity contribution is -0.137. The second-order valence-electron chi connectivity index (χ2n) is 11.5. The van der Waals surface area contributed by atoms with E-state index < -0.39 is 18.6 Å². The Morgan fingerprint density at radius 1 is 0.702 bits per heavy atom. The Kier molecular flexibility index (Phi) is 11.4. The Hall–Kier alpha value is -4.53. The molecule has 0 radical (unpaired) electrons. The molecule has 6 heteroatoms. The van der Waals surface area contributed by atoms with Crippen LogP contribution in [0.25, 0.3) is 0 Å². The van der Waals surface area contributed by atoms with Gasteiger partial charge in [-0.3, -0.25) is 0 Å². The van der Waals surface area contributed by atoms with Gasteiger partial charge in [0.25, 0.3) is 0 Å². The van der Waals surface area contributed by atoms with Gasteiger partial charge < -0.3 is 10.1 Å². The predicted octanol–water partition coefficient (Wildman–Crippen LogP) is 9.09. The highest BCUT2D eigenvalue weighted by Gasteiger charge is 2.30. The Morgan fingerprint density at radius 3 is 1.64 bits per heavy atom. The first kappa shape index (κ1) is 33.8. The molecule has 1 N–H and O–H groups in total. The highest BCUT2D eigenvalue weighted by atomic mass is 31.2. The average molecular weight is 650 g/mol. The number of halogens is 3. The summed E-state index contributed by atoms with van der Waals surface area (Å²) < 4.78 is 45.3. The van der Waals surface area contributed by atoms with Crippen LogP contribution in [0.1, 0.15) is 37.5 Å². The third-order valence-electron chi connectivity index (χ3n) is 7.89. The van der Waals surface area contributed by atoms with Crippen LogP contribution in [0.2, 0.25) is 0 Å². The van der Waals surface area contributed by atoms with Crippen LogP contribution >= 0.6 is 6.89 Å². The molecule has 5 rings (SSSR count). The Labute approximate surface area is 276 Å². The van der Waals surface area contributed by atoms with Gasteiger partial charge in [0, 0.05) is 13.0 Å². The van der Waals surface area contributed by atoms with Crippen molar-refractivity contribution >= 4 is 28.6 Å². The SMILES string of the molecule is CC(=C=C(C)CNCCC(Oc1ccc(C(F)(F)F)cc1)c1ccccc1)C=P(c1ccccc1)(c1ccccc1)c1ccccc1. The van der Waals surface area contributed by atoms with Gasteiger partial charge >= 0.3 is 6.18 Å². The van der Waals surface area contributed by atoms with E-state index in [1.54, 1.807) is 0 Å². The van der Waals surface area contributed by atoms with E-state index >= 15 is 0 Å². The summed E-state index contributed by atoms with van der Waals surface area (Å²) in [5, 5.41) is 7.38. The molecular formula is C41H39F3NOP. The van der Waals surface area contributed by atoms with Gasteiger partial charge in [0.15, 0.2) is 0 Å². The molecule has 5 aromatic carbocycles. The normalized spacial score (nSPS) is 12.1. The fourth-order valence-corrected chi connectivity index (χ4v) is 9.64. The lowest BCUT2D eigenvalue weighted by Crippen LogP contribution is -2.27. The molecule has 47 heavy (non-hydrogen) atoms. The molecule has 0 fully saturated rings. The minimum atomic E-state index is -4.38. The van der Waals surface area contributed by atoms with Crippen molar-refractivity contribution in [2.24, 2.45) is 0 Å². The number of benzene rings is 5. The monoisotopic (exact) mass is 649 g/mol. The molecule has 0 amide bonds. The van der Waals surface area contributed by atoms with Crippen LogP contribution < -0.4 is 26.0 Å². The van der Waals surface area contributed by atoms with Gasteiger partial charge in [-0.1, -0.05) is 121 Å². The van der Waals surface area contributed by atoms with E-state index in [4.69, 9.17) is 4.74 Å². The fourth-order valence-electron chi connectivity index (χ4n) is 5.72. The standard InChI is InChI=1S/C41H39F3NOP/c1-32(30-45-28-27-40(34-15-7-3-8-16-34)46-36-25-23-35(24-26-36)41(42,43)44)29-33(2)31-47(37-17-9-4-10-18-37,38-19-11-5-12-20-38)39-21-13-6-14-22-39/h3-26,31,40,45H,27-28,30H2,1-2H3. The summed E-state index contributed by atoms with van der Waals surface area (Å²) in [5.74, 6) is 2.82. The maximum atomic E-state index is 13.1. The minimum absolute atomic E-state index is 0.316. The molecule has 0 aliphatic heterocycles. The van der Waals surface area contributed by atoms with Crippen molar-refractivity contribution in [2.45, 2.75) is 32.5 Å². The van der Waals surface area contributed by atoms with Gasteiger partial charge in [0.05, 0.1) is 5.56 Å². The third-order valence-corrected chi connectivity index (χ3v) is 12.0. The maximum Gasteiger partial charge on any atom is 0.416 e. The van der Waals surface area contributed by atoms with Crippen LogP contribution in [0.3, 0.4) is 0 Å². The molecule has 2 nitrogen and oxygen atoms in total. The number of hydrogen-bond donors (Lipinski definition) is 1. The van der Waals surface area contributed by atoms with Crippen LogP contribution in [-0.4, -0.2) is 18.9 Å². The summed E-state index contributed by atoms with van der Waals surface area (Å²) in [6.45, 7) is 3.36. The first-order chi connectivity index (χ1) is 22.8. The van der Waals surface area contributed by atoms with E-state index in [1.807, 2.05) is 30.3 Å². The molecule has 240 valence electrons. The lowest BCUT2D eigenvalue weighted by atomic mass is 10.1. The second-order valence-corrected chi connectivity index (χ2v) is 14.7. The van der Waals surface area contributed by atoms with Crippen LogP contribution in [0.4, 0.5) is 13.2 Å². The van der Waals surface area contributed by atoms with E-state index in [0.29, 0.717) is 25.3 Å². The van der Waals surface area contributed by atoms with E-state index in [0.717, 1.165) is 28.8 Å². The summed E-state index contributed by atoms with van der Waals surface area (Å²) in [7, 11) is 0. The zero-order valence-corrected chi connectivity index (χ0v) is 27.5. The number of ether oxygens (including phenoxy) is 1. The number of hydrogen-bond acceptors (Lipinski definition) is 2. The highest BCUT2D eigenvalue weighted by Crippen LogP contribution is 2.44. The van der Waals surface area contributed by atoms with E-state index in [9.17, 15) is 13.2 Å². The van der Waals surface area contributed by atoms with Gasteiger partial charge in [-0.15, -0.1) is 5.73 Å². The number of nitrogens with one attached hydrogen (secondary N) is 1. The lowest BCUT2D eigenvalue weighted by Gasteiger charge is -2.28. The Balaban J connectivity index is 1.37. The molecule has 1 unspecified atom stereocenters. The van der Waals surface area contributed by atoms with Gasteiger partial charge in [-0.2, -0.15) is 13.2 Å². The number of alkyl halides is 3. The average Bonchev–Trinajstić information content (AvgIpc) is 3.10. The van der Waals surface area contributed by atoms with Gasteiger partial charge in [0.2, 0.25) is 0 Å². The Morgan fingerprint density at radius 2 is 1.17 bits per heavy atom. The minimum Gasteiger partial charge on any atom is -0.486 e. The number of rotatable bonds is 12. The zero-order valence-electron chi connectivity index (χ0n) is 26.6. The van der Waals surface area contributed by atoms with E-state index in [2.05, 4.69) is 122 Å². The first-order valence-electron chi connectivity index (χ1n) is 15.7. The van der Waals surface area contributed by atoms with Crippen molar-refractivity contribution in [3.05, 3.63) is 174 Å². The molecule has 0 heterocycles.